The molecule has 1 heterocycles. The molecule has 0 aliphatic heterocycles. The van der Waals surface area contributed by atoms with Crippen LogP contribution in [0.2, 0.25) is 0 Å². The van der Waals surface area contributed by atoms with Crippen molar-refractivity contribution in [2.75, 3.05) is 6.61 Å². The van der Waals surface area contributed by atoms with Gasteiger partial charge in [-0.2, -0.15) is 0 Å². The van der Waals surface area contributed by atoms with Crippen LogP contribution in [0.5, 0.6) is 5.75 Å². The van der Waals surface area contributed by atoms with E-state index >= 15 is 0 Å². The highest BCUT2D eigenvalue weighted by molar-refractivity contribution is 5.65. The lowest BCUT2D eigenvalue weighted by molar-refractivity contribution is 0.341. The molecular weight excluding hydrogens is 232 g/mol. The fourth-order valence-corrected chi connectivity index (χ4v) is 1.71. The molecular formula is C12H14N4O2. The third kappa shape index (κ3) is 2.22. The van der Waals surface area contributed by atoms with Gasteiger partial charge in [-0.15, -0.1) is 15.1 Å². The molecule has 0 unspecified atom stereocenters. The first kappa shape index (κ1) is 12.2. The second-order valence-corrected chi connectivity index (χ2v) is 3.65. The number of benzene rings is 1. The summed E-state index contributed by atoms with van der Waals surface area (Å²) in [7, 11) is 0. The molecule has 0 aliphatic carbocycles. The first-order valence-electron chi connectivity index (χ1n) is 5.78. The fourth-order valence-electron chi connectivity index (χ4n) is 1.71. The molecule has 1 aromatic heterocycles. The van der Waals surface area contributed by atoms with Gasteiger partial charge in [0.2, 0.25) is 0 Å². The summed E-state index contributed by atoms with van der Waals surface area (Å²) in [4.78, 5) is 10.7. The molecule has 6 heteroatoms. The van der Waals surface area contributed by atoms with E-state index in [1.165, 1.54) is 0 Å². The minimum Gasteiger partial charge on any atom is -0.491 e. The predicted octanol–water partition coefficient (Wildman–Crippen LogP) is 2.76. The highest BCUT2D eigenvalue weighted by atomic mass is 16.5. The summed E-state index contributed by atoms with van der Waals surface area (Å²) in [6.07, 6.45) is 1.67. The van der Waals surface area contributed by atoms with E-state index in [0.29, 0.717) is 18.0 Å². The van der Waals surface area contributed by atoms with E-state index < -0.39 is 0 Å². The number of nitroso groups, excluding NO2 is 1. The monoisotopic (exact) mass is 246 g/mol. The zero-order valence-electron chi connectivity index (χ0n) is 10.3. The zero-order valence-corrected chi connectivity index (χ0v) is 10.3. The van der Waals surface area contributed by atoms with Crippen molar-refractivity contribution in [1.29, 1.82) is 0 Å². The van der Waals surface area contributed by atoms with E-state index in [1.54, 1.807) is 24.5 Å². The van der Waals surface area contributed by atoms with Gasteiger partial charge in [0, 0.05) is 12.1 Å². The summed E-state index contributed by atoms with van der Waals surface area (Å²) >= 11 is 0. The van der Waals surface area contributed by atoms with Gasteiger partial charge in [-0.1, -0.05) is 0 Å². The maximum Gasteiger partial charge on any atom is 0.163 e. The smallest absolute Gasteiger partial charge is 0.163 e. The lowest BCUT2D eigenvalue weighted by Gasteiger charge is -2.08. The second kappa shape index (κ2) is 5.39. The average molecular weight is 246 g/mol. The van der Waals surface area contributed by atoms with Crippen molar-refractivity contribution in [3.63, 3.8) is 0 Å². The summed E-state index contributed by atoms with van der Waals surface area (Å²) in [6, 6.07) is 5.17. The third-order valence-electron chi connectivity index (χ3n) is 2.57. The van der Waals surface area contributed by atoms with Crippen LogP contribution in [0.15, 0.2) is 29.7 Å². The average Bonchev–Trinajstić information content (AvgIpc) is 2.87. The van der Waals surface area contributed by atoms with E-state index in [4.69, 9.17) is 4.74 Å². The summed E-state index contributed by atoms with van der Waals surface area (Å²) in [5.74, 6) is 1.21. The Labute approximate surface area is 105 Å². The fraction of sp³-hybridized carbons (Fsp3) is 0.333. The van der Waals surface area contributed by atoms with Crippen LogP contribution in [0.25, 0.3) is 11.4 Å². The molecule has 0 aliphatic rings. The van der Waals surface area contributed by atoms with Gasteiger partial charge in [0.25, 0.3) is 0 Å². The maximum atomic E-state index is 10.7. The second-order valence-electron chi connectivity index (χ2n) is 3.65. The normalized spacial score (nSPS) is 10.3. The molecule has 0 atom stereocenters. The van der Waals surface area contributed by atoms with Gasteiger partial charge in [0.05, 0.1) is 6.61 Å². The Morgan fingerprint density at radius 1 is 1.39 bits per heavy atom. The van der Waals surface area contributed by atoms with E-state index in [-0.39, 0.29) is 0 Å². The van der Waals surface area contributed by atoms with Crippen LogP contribution in [0.4, 0.5) is 5.69 Å². The number of nitrogens with zero attached hydrogens (tertiary/aromatic N) is 4. The lowest BCUT2D eigenvalue weighted by Crippen LogP contribution is -1.97. The van der Waals surface area contributed by atoms with Gasteiger partial charge in [0.15, 0.2) is 5.82 Å². The molecule has 2 aromatic rings. The highest BCUT2D eigenvalue weighted by Gasteiger charge is 2.11. The van der Waals surface area contributed by atoms with E-state index in [9.17, 15) is 4.91 Å². The standard InChI is InChI=1S/C12H14N4O2/c1-3-16-8-13-14-12(16)9-5-6-10(15-17)11(7-9)18-4-2/h5-8H,3-4H2,1-2H3. The van der Waals surface area contributed by atoms with Crippen LogP contribution >= 0.6 is 0 Å². The van der Waals surface area contributed by atoms with Crippen molar-refractivity contribution in [1.82, 2.24) is 14.8 Å². The van der Waals surface area contributed by atoms with Crippen LogP contribution in [0.1, 0.15) is 13.8 Å². The van der Waals surface area contributed by atoms with Crippen molar-refractivity contribution >= 4 is 5.69 Å². The van der Waals surface area contributed by atoms with Crippen molar-refractivity contribution < 1.29 is 4.74 Å². The molecule has 6 nitrogen and oxygen atoms in total. The predicted molar refractivity (Wildman–Crippen MR) is 67.8 cm³/mol. The van der Waals surface area contributed by atoms with Gasteiger partial charge < -0.3 is 9.30 Å². The summed E-state index contributed by atoms with van der Waals surface area (Å²) in [5.41, 5.74) is 1.15. The zero-order chi connectivity index (χ0) is 13.0. The first-order chi connectivity index (χ1) is 8.80. The lowest BCUT2D eigenvalue weighted by atomic mass is 10.2. The Kier molecular flexibility index (Phi) is 3.66. The molecule has 1 aromatic carbocycles. The van der Waals surface area contributed by atoms with Crippen LogP contribution in [-0.4, -0.2) is 21.4 Å². The molecule has 0 saturated carbocycles. The van der Waals surface area contributed by atoms with Crippen molar-refractivity contribution in [2.45, 2.75) is 20.4 Å². The molecule has 0 fully saturated rings. The minimum atomic E-state index is 0.295. The Morgan fingerprint density at radius 3 is 2.89 bits per heavy atom. The Balaban J connectivity index is 2.46. The molecule has 2 rings (SSSR count). The number of ether oxygens (including phenoxy) is 1. The van der Waals surface area contributed by atoms with Gasteiger partial charge in [-0.25, -0.2) is 0 Å². The summed E-state index contributed by atoms with van der Waals surface area (Å²) in [5, 5.41) is 10.9. The molecule has 18 heavy (non-hydrogen) atoms. The molecule has 94 valence electrons. The van der Waals surface area contributed by atoms with E-state index in [1.807, 2.05) is 18.4 Å². The molecule has 0 spiro atoms. The topological polar surface area (TPSA) is 69.4 Å². The summed E-state index contributed by atoms with van der Waals surface area (Å²) in [6.45, 7) is 5.12. The maximum absolute atomic E-state index is 10.7. The Bertz CT molecular complexity index is 551. The van der Waals surface area contributed by atoms with E-state index in [2.05, 4.69) is 15.4 Å². The first-order valence-corrected chi connectivity index (χ1v) is 5.78. The largest absolute Gasteiger partial charge is 0.491 e. The van der Waals surface area contributed by atoms with Crippen molar-refractivity contribution in [3.8, 4) is 17.1 Å². The number of aromatic nitrogens is 3. The number of hydrogen-bond donors (Lipinski definition) is 0. The number of rotatable bonds is 5. The number of hydrogen-bond acceptors (Lipinski definition) is 5. The molecule has 0 amide bonds. The molecule has 0 N–H and O–H groups in total. The third-order valence-corrected chi connectivity index (χ3v) is 2.57. The summed E-state index contributed by atoms with van der Waals surface area (Å²) < 4.78 is 7.30. The van der Waals surface area contributed by atoms with Crippen molar-refractivity contribution in [2.24, 2.45) is 5.18 Å². The van der Waals surface area contributed by atoms with Gasteiger partial charge in [-0.05, 0) is 37.2 Å². The van der Waals surface area contributed by atoms with Gasteiger partial charge in [0.1, 0.15) is 17.8 Å². The molecule has 0 radical (unpaired) electrons. The highest BCUT2D eigenvalue weighted by Crippen LogP contribution is 2.32. The molecule has 0 bridgehead atoms. The quantitative estimate of drug-likeness (QED) is 0.760. The van der Waals surface area contributed by atoms with Crippen molar-refractivity contribution in [3.05, 3.63) is 29.4 Å². The van der Waals surface area contributed by atoms with Crippen LogP contribution in [0, 0.1) is 4.91 Å². The Hall–Kier alpha value is -2.24. The van der Waals surface area contributed by atoms with Gasteiger partial charge in [-0.3, -0.25) is 0 Å². The molecule has 0 saturated heterocycles. The van der Waals surface area contributed by atoms with Gasteiger partial charge >= 0.3 is 0 Å². The Morgan fingerprint density at radius 2 is 2.22 bits per heavy atom. The van der Waals surface area contributed by atoms with Crippen LogP contribution < -0.4 is 4.74 Å². The number of aryl methyl sites for hydroxylation is 1. The van der Waals surface area contributed by atoms with Crippen LogP contribution in [0.3, 0.4) is 0 Å². The minimum absolute atomic E-state index is 0.295. The van der Waals surface area contributed by atoms with E-state index in [0.717, 1.165) is 17.9 Å². The SMILES string of the molecule is CCOc1cc(-c2nncn2CC)ccc1N=O. The van der Waals surface area contributed by atoms with Crippen LogP contribution in [-0.2, 0) is 6.54 Å².